The molecule has 1 saturated carbocycles. The second-order valence-electron chi connectivity index (χ2n) is 28.2. The topological polar surface area (TPSA) is 351 Å². The predicted octanol–water partition coefficient (Wildman–Crippen LogP) is 10.9. The van der Waals surface area contributed by atoms with E-state index in [9.17, 15) is 47.9 Å². The molecule has 3 aliphatic rings. The van der Waals surface area contributed by atoms with Crippen LogP contribution in [0.4, 0.5) is 17.5 Å². The number of carbonyl (C=O) groups excluding carboxylic acids is 4. The summed E-state index contributed by atoms with van der Waals surface area (Å²) in [5.74, 6) is -1.25. The summed E-state index contributed by atoms with van der Waals surface area (Å²) < 4.78 is 11.7. The molecular weight excluding hydrogens is 1650 g/mol. The molecule has 4 unspecified atom stereocenters. The van der Waals surface area contributed by atoms with Gasteiger partial charge in [0.05, 0.1) is 55.2 Å². The molecule has 0 spiro atoms. The van der Waals surface area contributed by atoms with E-state index in [2.05, 4.69) is 52.2 Å². The number of hydrogen-bond donors (Lipinski definition) is 6. The number of nitrogens with zero attached hydrogens (tertiary/aromatic N) is 12. The standard InChI is InChI=1S/C23H24N4O2S.C22H23N7O3.C19H13N2O2.C14H14N4O2S.C7H6O2.CH3.ClH.Ru/c1-3-14-30-22-24-20-19(26(22)15-17-10-6-4-7-11-17)21(28)27(23(29)25(20)2)16-18-12-8-5-9-13-18;1-13-14(2)29(21(32)16-8-6-10-28(4)12-16)17-18(23-13)24-22(26-20(17)31)25-19(30)15-7-5-9-27(3)11-15;1-9-6-11-15-13(22)7-14(23)17(15)16-10-4-2-3-5-12(10)21-19(16)18(11)20-8-9;1-8-3-5-9(6-4-8)7-18-10-11(15-14(18)21)17(2)13(20)16-12(10)19;8-7(9)6-4-2-1-3-5-6;;;/h4-13H,3,14-16H2,1-2H3;5-14H,1-4H3,(H-2,23,24,25,26,30,31);2-6,8,15,17H,7H2,1H3;3-6H,7H2,1-2H3,(H,15,21)(H,16,19,20);1-5H,(H,8,9);1H3;1H;/q;;-1;;;-1;;+3/p+1. The van der Waals surface area contributed by atoms with Crippen molar-refractivity contribution in [2.24, 2.45) is 28.2 Å². The summed E-state index contributed by atoms with van der Waals surface area (Å²) in [5.41, 5.74) is 10.3. The molecule has 5 aromatic carbocycles. The normalized spacial score (nSPS) is 14.6. The summed E-state index contributed by atoms with van der Waals surface area (Å²) in [6, 6.07) is 52.1. The van der Waals surface area contributed by atoms with Gasteiger partial charge in [0.2, 0.25) is 5.95 Å². The van der Waals surface area contributed by atoms with Crippen LogP contribution in [0, 0.1) is 26.0 Å². The average molecular weight is 1730 g/mol. The summed E-state index contributed by atoms with van der Waals surface area (Å²) in [6.45, 7) is 11.1. The van der Waals surface area contributed by atoms with Gasteiger partial charge >= 0.3 is 44.4 Å². The second-order valence-corrected chi connectivity index (χ2v) is 29.7. The van der Waals surface area contributed by atoms with E-state index >= 15 is 0 Å². The molecule has 2 amide bonds. The summed E-state index contributed by atoms with van der Waals surface area (Å²) in [6.07, 6.45) is 9.80. The Hall–Kier alpha value is -12.7. The van der Waals surface area contributed by atoms with Gasteiger partial charge in [-0.2, -0.15) is 4.98 Å². The zero-order chi connectivity index (χ0) is 83.6. The molecule has 6 N–H and O–H groups in total. The number of nitrogens with one attached hydrogen (secondary N) is 5. The van der Waals surface area contributed by atoms with Gasteiger partial charge < -0.3 is 37.0 Å². The van der Waals surface area contributed by atoms with Crippen molar-refractivity contribution in [3.05, 3.63) is 321 Å². The Balaban J connectivity index is 0.000000149. The van der Waals surface area contributed by atoms with Crippen molar-refractivity contribution in [3.63, 3.8) is 0 Å². The first-order valence-electron chi connectivity index (χ1n) is 37.1. The molecule has 9 aromatic heterocycles. The molecule has 605 valence electrons. The number of amides is 2. The number of para-hydroxylation sites is 1. The Morgan fingerprint density at radius 3 is 1.87 bits per heavy atom. The SMILES string of the molecule is CC1Nc2nc(NC(=O)c3ccc[n+](C)c3)[nH]c(=O)c2N(C(=O)c2ccc[n+](C)c2)C1C.CCCSc1nc2c(c(=O)n(Cc3ccccc3)c(=O)n2C)n1Cc1ccccc1.Cc1ccc(Cn2c(=S)[nH]c3c2c(=O)[nH]c(=O)n3C)cc1.Cc1cnc2c(c1)C1C(=O)CC(=O)C1c1c-2[n-]c2ccccc12.O=C(O)c1ccccc1.[CH3-].[Cl][Ru+2]. The van der Waals surface area contributed by atoms with Gasteiger partial charge in [0.1, 0.15) is 42.4 Å². The van der Waals surface area contributed by atoms with E-state index < -0.39 is 40.5 Å². The minimum atomic E-state index is -0.879. The molecule has 118 heavy (non-hydrogen) atoms. The van der Waals surface area contributed by atoms with Gasteiger partial charge in [-0.15, -0.1) is 11.2 Å². The van der Waals surface area contributed by atoms with Crippen molar-refractivity contribution < 1.29 is 55.5 Å². The van der Waals surface area contributed by atoms with Crippen LogP contribution in [-0.4, -0.2) is 105 Å². The zero-order valence-electron chi connectivity index (χ0n) is 66.0. The summed E-state index contributed by atoms with van der Waals surface area (Å²) in [7, 11) is 11.5. The molecular formula is C86H85ClN17O11RuS2+2. The van der Waals surface area contributed by atoms with Gasteiger partial charge in [0, 0.05) is 44.2 Å². The number of aryl methyl sites for hydroxylation is 6. The number of carbonyl (C=O) groups is 5. The Labute approximate surface area is 700 Å². The van der Waals surface area contributed by atoms with Crippen LogP contribution >= 0.6 is 33.7 Å². The Morgan fingerprint density at radius 1 is 0.669 bits per heavy atom. The van der Waals surface area contributed by atoms with Crippen LogP contribution < -0.4 is 57.7 Å². The third-order valence-electron chi connectivity index (χ3n) is 20.0. The number of imidazole rings is 2. The molecule has 0 bridgehead atoms. The molecule has 0 saturated heterocycles. The van der Waals surface area contributed by atoms with E-state index in [1.165, 1.54) is 24.2 Å². The van der Waals surface area contributed by atoms with Gasteiger partial charge in [0.15, 0.2) is 62.9 Å². The number of rotatable bonds is 13. The fourth-order valence-corrected chi connectivity index (χ4v) is 15.2. The molecule has 4 atom stereocenters. The van der Waals surface area contributed by atoms with Crippen LogP contribution in [-0.2, 0) is 74.7 Å². The Kier molecular flexibility index (Phi) is 27.7. The van der Waals surface area contributed by atoms with Crippen molar-refractivity contribution in [1.29, 1.82) is 0 Å². The van der Waals surface area contributed by atoms with E-state index in [0.717, 1.165) is 73.0 Å². The number of benzene rings is 5. The molecule has 14 aromatic rings. The number of fused-ring (bicyclic) bond motifs is 11. The number of halogens is 1. The fraction of sp³-hybridized carbons (Fsp3) is 0.221. The van der Waals surface area contributed by atoms with E-state index in [4.69, 9.17) is 27.3 Å². The molecule has 1 fully saturated rings. The monoisotopic (exact) mass is 1730 g/mol. The quantitative estimate of drug-likeness (QED) is 0.0156. The number of thioether (sulfide) groups is 1. The van der Waals surface area contributed by atoms with Crippen LogP contribution in [0.3, 0.4) is 0 Å². The number of aromatic carboxylic acids is 1. The van der Waals surface area contributed by atoms with Crippen LogP contribution in [0.1, 0.15) is 115 Å². The number of ketones is 2. The molecule has 1 aliphatic heterocycles. The fourth-order valence-electron chi connectivity index (χ4n) is 14.1. The van der Waals surface area contributed by atoms with Gasteiger partial charge in [-0.1, -0.05) is 158 Å². The van der Waals surface area contributed by atoms with Crippen molar-refractivity contribution in [1.82, 2.24) is 57.7 Å². The molecule has 0 radical (unpaired) electrons. The Morgan fingerprint density at radius 2 is 1.25 bits per heavy atom. The summed E-state index contributed by atoms with van der Waals surface area (Å²) in [5, 5.41) is 15.9. The maximum atomic E-state index is 13.5. The van der Waals surface area contributed by atoms with Crippen molar-refractivity contribution in [3.8, 4) is 11.4 Å². The first-order valence-corrected chi connectivity index (χ1v) is 40.7. The minimum absolute atomic E-state index is 0. The molecule has 2 aliphatic carbocycles. The molecule has 10 heterocycles. The van der Waals surface area contributed by atoms with Crippen molar-refractivity contribution in [2.75, 3.05) is 21.3 Å². The number of Topliss-reactive ketones (excluding diaryl/α,β-unsaturated/α-hetero) is 2. The Bertz CT molecular complexity index is 6500. The van der Waals surface area contributed by atoms with Crippen LogP contribution in [0.5, 0.6) is 0 Å². The molecule has 28 nitrogen and oxygen atoms in total. The predicted molar refractivity (Wildman–Crippen MR) is 453 cm³/mol. The first kappa shape index (κ1) is 86.2. The zero-order valence-corrected chi connectivity index (χ0v) is 70.2. The second kappa shape index (κ2) is 37.9. The van der Waals surface area contributed by atoms with Crippen molar-refractivity contribution in [2.45, 2.75) is 96.2 Å². The number of aromatic nitrogens is 14. The third-order valence-corrected chi connectivity index (χ3v) is 21.5. The number of H-pyrrole nitrogens is 3. The van der Waals surface area contributed by atoms with E-state index in [1.54, 1.807) is 126 Å². The number of aromatic amines is 3. The average Bonchev–Trinajstić information content (AvgIpc) is 1.55. The van der Waals surface area contributed by atoms with E-state index in [-0.39, 0.29) is 78.7 Å². The van der Waals surface area contributed by atoms with E-state index in [0.29, 0.717) is 56.9 Å². The maximum absolute atomic E-state index is 13.5. The number of hydrogen-bond acceptors (Lipinski definition) is 16. The first-order chi connectivity index (χ1) is 56.3. The van der Waals surface area contributed by atoms with Crippen LogP contribution in [0.15, 0.2) is 230 Å². The van der Waals surface area contributed by atoms with Crippen molar-refractivity contribution >= 4 is 114 Å². The van der Waals surface area contributed by atoms with Gasteiger partial charge in [-0.05, 0) is 109 Å². The van der Waals surface area contributed by atoms with E-state index in [1.807, 2.05) is 178 Å². The number of pyridine rings is 3. The number of anilines is 3. The van der Waals surface area contributed by atoms with Gasteiger partial charge in [0.25, 0.3) is 28.5 Å². The van der Waals surface area contributed by atoms with Gasteiger partial charge in [-0.25, -0.2) is 28.5 Å². The molecule has 17 rings (SSSR count). The summed E-state index contributed by atoms with van der Waals surface area (Å²) in [4.78, 5) is 152. The number of carboxylic acid groups (broad SMARTS) is 1. The van der Waals surface area contributed by atoms with Crippen LogP contribution in [0.2, 0.25) is 0 Å². The van der Waals surface area contributed by atoms with Crippen LogP contribution in [0.25, 0.3) is 44.6 Å². The number of carboxylic acids is 1. The third kappa shape index (κ3) is 18.6. The molecule has 32 heteroatoms. The van der Waals surface area contributed by atoms with Gasteiger partial charge in [-0.3, -0.25) is 72.4 Å². The summed E-state index contributed by atoms with van der Waals surface area (Å²) >= 11 is 8.72.